The van der Waals surface area contributed by atoms with Gasteiger partial charge in [-0.15, -0.1) is 0 Å². The summed E-state index contributed by atoms with van der Waals surface area (Å²) in [5.41, 5.74) is 2.06. The smallest absolute Gasteiger partial charge is 0.223 e. The molecule has 0 bridgehead atoms. The minimum Gasteiger partial charge on any atom is -0.370 e. The molecule has 1 aliphatic carbocycles. The maximum absolute atomic E-state index is 12.4. The Labute approximate surface area is 155 Å². The zero-order valence-corrected chi connectivity index (χ0v) is 15.5. The number of carbonyl (C=O) groups is 2. The summed E-state index contributed by atoms with van der Waals surface area (Å²) in [7, 11) is 0. The van der Waals surface area contributed by atoms with Gasteiger partial charge in [0.25, 0.3) is 0 Å². The van der Waals surface area contributed by atoms with Crippen LogP contribution in [0.15, 0.2) is 18.2 Å². The minimum atomic E-state index is 0.00497. The first kappa shape index (κ1) is 18.4. The van der Waals surface area contributed by atoms with E-state index in [0.29, 0.717) is 11.1 Å². The van der Waals surface area contributed by atoms with E-state index in [0.717, 1.165) is 44.5 Å². The fraction of sp³-hybridized carbons (Fsp3) is 0.571. The third-order valence-electron chi connectivity index (χ3n) is 5.68. The summed E-state index contributed by atoms with van der Waals surface area (Å²) in [6.07, 6.45) is 7.37. The summed E-state index contributed by atoms with van der Waals surface area (Å²) in [5.74, 6) is 0.420. The highest BCUT2D eigenvalue weighted by Gasteiger charge is 2.26. The van der Waals surface area contributed by atoms with Crippen molar-refractivity contribution in [3.05, 3.63) is 29.3 Å². The standard InChI is InChI=1S/C21H27N3O2/c1-15(25)17-7-8-18(14-22)20(13-17)24-11-9-19(10-12-24)23-21(26)16-5-3-2-4-6-16/h7-8,13,16,19H,2-6,9-12H2,1H3,(H,23,26). The zero-order valence-electron chi connectivity index (χ0n) is 15.5. The van der Waals surface area contributed by atoms with Gasteiger partial charge in [0.1, 0.15) is 6.07 Å². The van der Waals surface area contributed by atoms with Crippen LogP contribution in [0.4, 0.5) is 5.69 Å². The van der Waals surface area contributed by atoms with E-state index in [4.69, 9.17) is 0 Å². The van der Waals surface area contributed by atoms with Crippen LogP contribution < -0.4 is 10.2 Å². The zero-order chi connectivity index (χ0) is 18.5. The van der Waals surface area contributed by atoms with Crippen LogP contribution in [-0.4, -0.2) is 30.8 Å². The quantitative estimate of drug-likeness (QED) is 0.842. The molecule has 0 atom stereocenters. The van der Waals surface area contributed by atoms with E-state index in [2.05, 4.69) is 16.3 Å². The normalized spacial score (nSPS) is 19.0. The highest BCUT2D eigenvalue weighted by Crippen LogP contribution is 2.27. The Bertz CT molecular complexity index is 708. The molecule has 5 nitrogen and oxygen atoms in total. The Balaban J connectivity index is 1.60. The summed E-state index contributed by atoms with van der Waals surface area (Å²) in [6.45, 7) is 3.11. The fourth-order valence-electron chi connectivity index (χ4n) is 4.06. The van der Waals surface area contributed by atoms with Crippen LogP contribution in [0.3, 0.4) is 0 Å². The molecule has 2 aliphatic rings. The van der Waals surface area contributed by atoms with Gasteiger partial charge in [-0.05, 0) is 50.8 Å². The lowest BCUT2D eigenvalue weighted by Gasteiger charge is -2.35. The van der Waals surface area contributed by atoms with Gasteiger partial charge in [-0.25, -0.2) is 0 Å². The van der Waals surface area contributed by atoms with Crippen LogP contribution >= 0.6 is 0 Å². The van der Waals surface area contributed by atoms with E-state index in [1.165, 1.54) is 26.2 Å². The van der Waals surface area contributed by atoms with Crippen LogP contribution in [0.2, 0.25) is 0 Å². The Morgan fingerprint density at radius 2 is 1.81 bits per heavy atom. The average molecular weight is 353 g/mol. The number of Topliss-reactive ketones (excluding diaryl/α,β-unsaturated/α-hetero) is 1. The molecule has 3 rings (SSSR count). The number of benzene rings is 1. The first-order valence-corrected chi connectivity index (χ1v) is 9.69. The van der Waals surface area contributed by atoms with E-state index in [9.17, 15) is 14.9 Å². The van der Waals surface area contributed by atoms with Crippen LogP contribution in [0.25, 0.3) is 0 Å². The van der Waals surface area contributed by atoms with Crippen LogP contribution in [0, 0.1) is 17.2 Å². The number of ketones is 1. The molecule has 1 saturated carbocycles. The monoisotopic (exact) mass is 353 g/mol. The third-order valence-corrected chi connectivity index (χ3v) is 5.68. The second kappa shape index (κ2) is 8.35. The molecule has 1 heterocycles. The minimum absolute atomic E-state index is 0.00497. The molecule has 138 valence electrons. The Morgan fingerprint density at radius 1 is 1.12 bits per heavy atom. The fourth-order valence-corrected chi connectivity index (χ4v) is 4.06. The number of amides is 1. The lowest BCUT2D eigenvalue weighted by molar-refractivity contribution is -0.126. The van der Waals surface area contributed by atoms with Crippen molar-refractivity contribution in [1.29, 1.82) is 5.26 Å². The summed E-state index contributed by atoms with van der Waals surface area (Å²) >= 11 is 0. The van der Waals surface area contributed by atoms with Gasteiger partial charge >= 0.3 is 0 Å². The van der Waals surface area contributed by atoms with E-state index >= 15 is 0 Å². The molecule has 0 unspecified atom stereocenters. The maximum atomic E-state index is 12.4. The molecule has 1 aromatic rings. The lowest BCUT2D eigenvalue weighted by atomic mass is 9.88. The van der Waals surface area contributed by atoms with Crippen molar-refractivity contribution in [2.75, 3.05) is 18.0 Å². The molecule has 0 aromatic heterocycles. The molecule has 0 radical (unpaired) electrons. The van der Waals surface area contributed by atoms with Crippen molar-refractivity contribution in [3.8, 4) is 6.07 Å². The third kappa shape index (κ3) is 4.24. The van der Waals surface area contributed by atoms with Crippen molar-refractivity contribution in [1.82, 2.24) is 5.32 Å². The van der Waals surface area contributed by atoms with E-state index in [1.807, 2.05) is 6.07 Å². The SMILES string of the molecule is CC(=O)c1ccc(C#N)c(N2CCC(NC(=O)C3CCCCC3)CC2)c1. The molecule has 2 fully saturated rings. The van der Waals surface area contributed by atoms with Gasteiger partial charge in [0, 0.05) is 30.6 Å². The van der Waals surface area contributed by atoms with Crippen molar-refractivity contribution in [2.24, 2.45) is 5.92 Å². The topological polar surface area (TPSA) is 73.2 Å². The van der Waals surface area contributed by atoms with Crippen molar-refractivity contribution in [2.45, 2.75) is 57.9 Å². The summed E-state index contributed by atoms with van der Waals surface area (Å²) in [4.78, 5) is 26.2. The first-order chi connectivity index (χ1) is 12.6. The molecule has 1 N–H and O–H groups in total. The van der Waals surface area contributed by atoms with Crippen molar-refractivity contribution < 1.29 is 9.59 Å². The van der Waals surface area contributed by atoms with Gasteiger partial charge in [0.2, 0.25) is 5.91 Å². The highest BCUT2D eigenvalue weighted by molar-refractivity contribution is 5.95. The number of carbonyl (C=O) groups excluding carboxylic acids is 2. The van der Waals surface area contributed by atoms with Gasteiger partial charge in [-0.2, -0.15) is 5.26 Å². The Morgan fingerprint density at radius 3 is 2.42 bits per heavy atom. The number of hydrogen-bond acceptors (Lipinski definition) is 4. The second-order valence-electron chi connectivity index (χ2n) is 7.50. The molecule has 1 amide bonds. The number of rotatable bonds is 4. The summed E-state index contributed by atoms with van der Waals surface area (Å²) in [5, 5.41) is 12.6. The predicted octanol–water partition coefficient (Wildman–Crippen LogP) is 3.43. The number of nitrogens with zero attached hydrogens (tertiary/aromatic N) is 2. The Hall–Kier alpha value is -2.35. The second-order valence-corrected chi connectivity index (χ2v) is 7.50. The molecular formula is C21H27N3O2. The Kier molecular flexibility index (Phi) is 5.92. The van der Waals surface area contributed by atoms with Crippen LogP contribution in [0.5, 0.6) is 0 Å². The average Bonchev–Trinajstić information content (AvgIpc) is 2.68. The maximum Gasteiger partial charge on any atom is 0.223 e. The lowest BCUT2D eigenvalue weighted by Crippen LogP contribution is -2.46. The molecule has 1 aliphatic heterocycles. The molecule has 1 aromatic carbocycles. The number of piperidine rings is 1. The van der Waals surface area contributed by atoms with E-state index in [-0.39, 0.29) is 23.7 Å². The summed E-state index contributed by atoms with van der Waals surface area (Å²) in [6, 6.07) is 7.69. The molecule has 5 heteroatoms. The summed E-state index contributed by atoms with van der Waals surface area (Å²) < 4.78 is 0. The number of anilines is 1. The van der Waals surface area contributed by atoms with Gasteiger partial charge in [0.15, 0.2) is 5.78 Å². The van der Waals surface area contributed by atoms with Gasteiger partial charge in [-0.3, -0.25) is 9.59 Å². The van der Waals surface area contributed by atoms with Gasteiger partial charge in [0.05, 0.1) is 11.3 Å². The number of hydrogen-bond donors (Lipinski definition) is 1. The molecular weight excluding hydrogens is 326 g/mol. The van der Waals surface area contributed by atoms with Crippen LogP contribution in [0.1, 0.15) is 67.8 Å². The number of nitrogens with one attached hydrogen (secondary N) is 1. The van der Waals surface area contributed by atoms with Gasteiger partial charge < -0.3 is 10.2 Å². The van der Waals surface area contributed by atoms with Gasteiger partial charge in [-0.1, -0.05) is 19.3 Å². The molecule has 26 heavy (non-hydrogen) atoms. The molecule has 0 spiro atoms. The first-order valence-electron chi connectivity index (χ1n) is 9.69. The highest BCUT2D eigenvalue weighted by atomic mass is 16.2. The van der Waals surface area contributed by atoms with E-state index < -0.39 is 0 Å². The number of nitriles is 1. The predicted molar refractivity (Wildman–Crippen MR) is 101 cm³/mol. The van der Waals surface area contributed by atoms with Crippen molar-refractivity contribution in [3.63, 3.8) is 0 Å². The largest absolute Gasteiger partial charge is 0.370 e. The van der Waals surface area contributed by atoms with Crippen LogP contribution in [-0.2, 0) is 4.79 Å². The molecule has 1 saturated heterocycles. The van der Waals surface area contributed by atoms with E-state index in [1.54, 1.807) is 12.1 Å². The van der Waals surface area contributed by atoms with Crippen molar-refractivity contribution >= 4 is 17.4 Å².